The summed E-state index contributed by atoms with van der Waals surface area (Å²) in [6.07, 6.45) is 1.43. The van der Waals surface area contributed by atoms with Crippen LogP contribution in [0.2, 0.25) is 0 Å². The summed E-state index contributed by atoms with van der Waals surface area (Å²) in [5, 5.41) is 11.9. The second-order valence-electron chi connectivity index (χ2n) is 6.26. The lowest BCUT2D eigenvalue weighted by molar-refractivity contribution is -0.137. The summed E-state index contributed by atoms with van der Waals surface area (Å²) in [5.74, 6) is -0.492. The van der Waals surface area contributed by atoms with Crippen molar-refractivity contribution in [1.82, 2.24) is 5.32 Å². The molecule has 0 bridgehead atoms. The van der Waals surface area contributed by atoms with Gasteiger partial charge < -0.3 is 15.2 Å². The van der Waals surface area contributed by atoms with Crippen LogP contribution in [0.25, 0.3) is 0 Å². The number of carbonyl (C=O) groups is 2. The molecule has 3 rings (SSSR count). The maximum absolute atomic E-state index is 12.2. The second kappa shape index (κ2) is 7.83. The fraction of sp³-hybridized carbons (Fsp3) is 0.300. The van der Waals surface area contributed by atoms with Crippen LogP contribution in [-0.2, 0) is 16.1 Å². The van der Waals surface area contributed by atoms with Gasteiger partial charge in [0.2, 0.25) is 0 Å². The van der Waals surface area contributed by atoms with Crippen LogP contribution in [0.4, 0.5) is 4.79 Å². The van der Waals surface area contributed by atoms with E-state index in [1.165, 1.54) is 0 Å². The molecule has 5 heteroatoms. The molecule has 0 spiro atoms. The van der Waals surface area contributed by atoms with E-state index < -0.39 is 18.1 Å². The predicted molar refractivity (Wildman–Crippen MR) is 93.2 cm³/mol. The Morgan fingerprint density at radius 2 is 1.76 bits per heavy atom. The average Bonchev–Trinajstić information content (AvgIpc) is 3.45. The number of hydrogen-bond acceptors (Lipinski definition) is 3. The van der Waals surface area contributed by atoms with Crippen molar-refractivity contribution in [2.45, 2.75) is 37.8 Å². The second-order valence-corrected chi connectivity index (χ2v) is 6.26. The Kier molecular flexibility index (Phi) is 5.33. The minimum absolute atomic E-state index is 0.150. The summed E-state index contributed by atoms with van der Waals surface area (Å²) < 4.78 is 5.23. The van der Waals surface area contributed by atoms with Gasteiger partial charge >= 0.3 is 12.1 Å². The lowest BCUT2D eigenvalue weighted by Crippen LogP contribution is -2.31. The Bertz CT molecular complexity index is 740. The number of carboxylic acids is 1. The minimum Gasteiger partial charge on any atom is -0.481 e. The lowest BCUT2D eigenvalue weighted by Gasteiger charge is -2.20. The maximum Gasteiger partial charge on any atom is 0.407 e. The number of alkyl carbamates (subject to hydrolysis) is 1. The van der Waals surface area contributed by atoms with Crippen molar-refractivity contribution in [2.75, 3.05) is 0 Å². The van der Waals surface area contributed by atoms with Crippen molar-refractivity contribution in [2.24, 2.45) is 0 Å². The molecule has 0 heterocycles. The Hall–Kier alpha value is -2.82. The minimum atomic E-state index is -0.959. The Morgan fingerprint density at radius 1 is 1.08 bits per heavy atom. The molecule has 0 aromatic heterocycles. The normalized spacial score (nSPS) is 14.6. The fourth-order valence-electron chi connectivity index (χ4n) is 2.91. The van der Waals surface area contributed by atoms with E-state index in [-0.39, 0.29) is 13.0 Å². The van der Waals surface area contributed by atoms with Gasteiger partial charge in [-0.1, -0.05) is 54.6 Å². The van der Waals surface area contributed by atoms with Crippen LogP contribution >= 0.6 is 0 Å². The zero-order chi connectivity index (χ0) is 17.6. The van der Waals surface area contributed by atoms with Crippen LogP contribution < -0.4 is 5.32 Å². The smallest absolute Gasteiger partial charge is 0.407 e. The number of hydrogen-bond donors (Lipinski definition) is 2. The number of benzene rings is 2. The highest BCUT2D eigenvalue weighted by Crippen LogP contribution is 2.43. The molecule has 1 atom stereocenters. The molecule has 2 aromatic carbocycles. The predicted octanol–water partition coefficient (Wildman–Crippen LogP) is 4.01. The molecular formula is C20H21NO4. The van der Waals surface area contributed by atoms with Gasteiger partial charge in [0.25, 0.3) is 0 Å². The van der Waals surface area contributed by atoms with Crippen LogP contribution in [0.3, 0.4) is 0 Å². The molecule has 130 valence electrons. The SMILES string of the molecule is O=C(O)C[C@H](NC(=O)OCc1ccccc1)c1ccccc1C1CC1. The number of nitrogens with one attached hydrogen (secondary N) is 1. The maximum atomic E-state index is 12.2. The zero-order valence-corrected chi connectivity index (χ0v) is 13.9. The first-order chi connectivity index (χ1) is 12.1. The summed E-state index contributed by atoms with van der Waals surface area (Å²) in [7, 11) is 0. The van der Waals surface area contributed by atoms with E-state index in [4.69, 9.17) is 4.74 Å². The van der Waals surface area contributed by atoms with Gasteiger partial charge in [0, 0.05) is 0 Å². The highest BCUT2D eigenvalue weighted by molar-refractivity contribution is 5.72. The molecule has 0 aliphatic heterocycles. The van der Waals surface area contributed by atoms with Gasteiger partial charge in [-0.2, -0.15) is 0 Å². The van der Waals surface area contributed by atoms with E-state index in [1.807, 2.05) is 54.6 Å². The van der Waals surface area contributed by atoms with E-state index in [9.17, 15) is 14.7 Å². The third-order valence-electron chi connectivity index (χ3n) is 4.27. The van der Waals surface area contributed by atoms with Gasteiger partial charge in [0.15, 0.2) is 0 Å². The molecule has 0 radical (unpaired) electrons. The topological polar surface area (TPSA) is 75.6 Å². The largest absolute Gasteiger partial charge is 0.481 e. The molecule has 25 heavy (non-hydrogen) atoms. The summed E-state index contributed by atoms with van der Waals surface area (Å²) in [4.78, 5) is 23.4. The molecule has 1 fully saturated rings. The monoisotopic (exact) mass is 339 g/mol. The standard InChI is InChI=1S/C20H21NO4/c22-19(23)12-18(17-9-5-4-8-16(17)15-10-11-15)21-20(24)25-13-14-6-2-1-3-7-14/h1-9,15,18H,10-13H2,(H,21,24)(H,22,23)/t18-/m0/s1. The molecule has 0 saturated heterocycles. The lowest BCUT2D eigenvalue weighted by atomic mass is 9.95. The Morgan fingerprint density at radius 3 is 2.44 bits per heavy atom. The molecule has 1 amide bonds. The first kappa shape index (κ1) is 17.0. The number of ether oxygens (including phenoxy) is 1. The summed E-state index contributed by atoms with van der Waals surface area (Å²) in [6.45, 7) is 0.150. The Balaban J connectivity index is 1.68. The molecule has 1 aliphatic carbocycles. The first-order valence-electron chi connectivity index (χ1n) is 8.41. The molecular weight excluding hydrogens is 318 g/mol. The van der Waals surface area contributed by atoms with E-state index in [1.54, 1.807) is 0 Å². The molecule has 2 N–H and O–H groups in total. The molecule has 1 saturated carbocycles. The molecule has 2 aromatic rings. The van der Waals surface area contributed by atoms with Crippen LogP contribution in [-0.4, -0.2) is 17.2 Å². The van der Waals surface area contributed by atoms with Crippen LogP contribution in [0.15, 0.2) is 54.6 Å². The first-order valence-corrected chi connectivity index (χ1v) is 8.41. The number of aliphatic carboxylic acids is 1. The van der Waals surface area contributed by atoms with Gasteiger partial charge in [-0.3, -0.25) is 4.79 Å². The highest BCUT2D eigenvalue weighted by Gasteiger charge is 2.29. The molecule has 5 nitrogen and oxygen atoms in total. The number of amides is 1. The summed E-state index contributed by atoms with van der Waals surface area (Å²) >= 11 is 0. The number of carboxylic acid groups (broad SMARTS) is 1. The van der Waals surface area contributed by atoms with E-state index in [2.05, 4.69) is 5.32 Å². The van der Waals surface area contributed by atoms with Crippen LogP contribution in [0.5, 0.6) is 0 Å². The van der Waals surface area contributed by atoms with Crippen molar-refractivity contribution >= 4 is 12.1 Å². The highest BCUT2D eigenvalue weighted by atomic mass is 16.5. The number of rotatable bonds is 7. The third-order valence-corrected chi connectivity index (χ3v) is 4.27. The zero-order valence-electron chi connectivity index (χ0n) is 13.9. The average molecular weight is 339 g/mol. The molecule has 0 unspecified atom stereocenters. The van der Waals surface area contributed by atoms with Gasteiger partial charge in [0.05, 0.1) is 12.5 Å². The van der Waals surface area contributed by atoms with E-state index >= 15 is 0 Å². The van der Waals surface area contributed by atoms with Crippen molar-refractivity contribution in [1.29, 1.82) is 0 Å². The van der Waals surface area contributed by atoms with Crippen molar-refractivity contribution < 1.29 is 19.4 Å². The van der Waals surface area contributed by atoms with Crippen LogP contribution in [0, 0.1) is 0 Å². The van der Waals surface area contributed by atoms with E-state index in [0.29, 0.717) is 5.92 Å². The fourth-order valence-corrected chi connectivity index (χ4v) is 2.91. The van der Waals surface area contributed by atoms with E-state index in [0.717, 1.165) is 29.5 Å². The Labute approximate surface area is 146 Å². The van der Waals surface area contributed by atoms with Crippen molar-refractivity contribution in [3.8, 4) is 0 Å². The van der Waals surface area contributed by atoms with Gasteiger partial charge in [-0.25, -0.2) is 4.79 Å². The van der Waals surface area contributed by atoms with Crippen LogP contribution in [0.1, 0.15) is 47.9 Å². The van der Waals surface area contributed by atoms with Crippen molar-refractivity contribution in [3.05, 3.63) is 71.3 Å². The molecule has 1 aliphatic rings. The summed E-state index contributed by atoms with van der Waals surface area (Å²) in [5.41, 5.74) is 2.87. The van der Waals surface area contributed by atoms with Gasteiger partial charge in [0.1, 0.15) is 6.61 Å². The van der Waals surface area contributed by atoms with Gasteiger partial charge in [-0.05, 0) is 35.4 Å². The summed E-state index contributed by atoms with van der Waals surface area (Å²) in [6, 6.07) is 16.5. The number of carbonyl (C=O) groups excluding carboxylic acids is 1. The third kappa shape index (κ3) is 4.83. The van der Waals surface area contributed by atoms with Crippen molar-refractivity contribution in [3.63, 3.8) is 0 Å². The van der Waals surface area contributed by atoms with Gasteiger partial charge in [-0.15, -0.1) is 0 Å². The quantitative estimate of drug-likeness (QED) is 0.799.